The quantitative estimate of drug-likeness (QED) is 0.203. The molecule has 3 aromatic rings. The number of amides is 1. The minimum Gasteiger partial charge on any atom is -0.490 e. The van der Waals surface area contributed by atoms with Crippen molar-refractivity contribution in [3.8, 4) is 16.9 Å². The zero-order valence-corrected chi connectivity index (χ0v) is 24.2. The van der Waals surface area contributed by atoms with Crippen LogP contribution in [-0.4, -0.2) is 60.4 Å². The monoisotopic (exact) mass is 595 g/mol. The molecule has 10 nitrogen and oxygen atoms in total. The highest BCUT2D eigenvalue weighted by atomic mass is 32.2. The van der Waals surface area contributed by atoms with E-state index in [9.17, 15) is 23.1 Å². The number of carbonyl (C=O) groups excluding carboxylic acids is 1. The standard InChI is InChI=1S/C31H37N3O7S/c35-28(25-5-4-16-32-20-25)21-33-17-14-22-8-10-23(11-9-22)24-12-13-27(29(19-24)41-26-6-2-1-3-7-26)31(38)34-42(39,40)18-15-30(36)37/h4-5,8-13,16,19-20,26,28,33,35H,1-3,6-7,14-15,17-18,21H2,(H,34,38)(H,36,37)/t28-/m1/s1. The fourth-order valence-corrected chi connectivity index (χ4v) is 5.78. The molecule has 0 aliphatic heterocycles. The fraction of sp³-hybridized carbons (Fsp3) is 0.387. The molecule has 1 saturated carbocycles. The summed E-state index contributed by atoms with van der Waals surface area (Å²) in [6, 6.07) is 16.7. The van der Waals surface area contributed by atoms with Crippen molar-refractivity contribution in [3.05, 3.63) is 83.7 Å². The summed E-state index contributed by atoms with van der Waals surface area (Å²) < 4.78 is 32.8. The molecule has 1 atom stereocenters. The third-order valence-electron chi connectivity index (χ3n) is 7.19. The second-order valence-corrected chi connectivity index (χ2v) is 12.3. The van der Waals surface area contributed by atoms with Crippen molar-refractivity contribution in [3.63, 3.8) is 0 Å². The van der Waals surface area contributed by atoms with Gasteiger partial charge in [0.15, 0.2) is 0 Å². The van der Waals surface area contributed by atoms with E-state index in [1.165, 1.54) is 0 Å². The molecule has 0 spiro atoms. The van der Waals surface area contributed by atoms with Gasteiger partial charge in [-0.25, -0.2) is 13.1 Å². The van der Waals surface area contributed by atoms with Crippen LogP contribution in [0.5, 0.6) is 5.75 Å². The number of carboxylic acids is 1. The molecule has 0 radical (unpaired) electrons. The lowest BCUT2D eigenvalue weighted by molar-refractivity contribution is -0.136. The van der Waals surface area contributed by atoms with Gasteiger partial charge in [0.05, 0.1) is 29.9 Å². The summed E-state index contributed by atoms with van der Waals surface area (Å²) in [6.07, 6.45) is 7.66. The Morgan fingerprint density at radius 2 is 1.76 bits per heavy atom. The number of aromatic nitrogens is 1. The third-order valence-corrected chi connectivity index (χ3v) is 8.43. The zero-order chi connectivity index (χ0) is 30.0. The van der Waals surface area contributed by atoms with Crippen LogP contribution < -0.4 is 14.8 Å². The van der Waals surface area contributed by atoms with Crippen molar-refractivity contribution >= 4 is 21.9 Å². The van der Waals surface area contributed by atoms with Gasteiger partial charge in [0, 0.05) is 24.5 Å². The number of aliphatic hydroxyl groups is 1. The summed E-state index contributed by atoms with van der Waals surface area (Å²) in [5.74, 6) is -2.52. The van der Waals surface area contributed by atoms with Gasteiger partial charge in [-0.3, -0.25) is 14.6 Å². The number of sulfonamides is 1. The van der Waals surface area contributed by atoms with Gasteiger partial charge >= 0.3 is 5.97 Å². The van der Waals surface area contributed by atoms with Gasteiger partial charge in [-0.2, -0.15) is 0 Å². The van der Waals surface area contributed by atoms with Gasteiger partial charge in [-0.1, -0.05) is 42.8 Å². The Bertz CT molecular complexity index is 1440. The van der Waals surface area contributed by atoms with Crippen LogP contribution in [0.3, 0.4) is 0 Å². The first-order chi connectivity index (χ1) is 20.2. The number of rotatable bonds is 14. The van der Waals surface area contributed by atoms with E-state index >= 15 is 0 Å². The largest absolute Gasteiger partial charge is 0.490 e. The molecule has 1 aliphatic rings. The SMILES string of the molecule is O=C(O)CCS(=O)(=O)NC(=O)c1ccc(-c2ccc(CCNC[C@@H](O)c3cccnc3)cc2)cc1OC1CCCCC1. The summed E-state index contributed by atoms with van der Waals surface area (Å²) in [5, 5.41) is 22.3. The van der Waals surface area contributed by atoms with E-state index in [1.54, 1.807) is 36.7 Å². The molecule has 4 N–H and O–H groups in total. The number of nitrogens with one attached hydrogen (secondary N) is 2. The van der Waals surface area contributed by atoms with Gasteiger partial charge in [0.1, 0.15) is 5.75 Å². The van der Waals surface area contributed by atoms with Crippen LogP contribution in [0.15, 0.2) is 67.0 Å². The van der Waals surface area contributed by atoms with Gasteiger partial charge in [-0.15, -0.1) is 0 Å². The maximum Gasteiger partial charge on any atom is 0.304 e. The Balaban J connectivity index is 1.42. The lowest BCUT2D eigenvalue weighted by Crippen LogP contribution is -2.33. The van der Waals surface area contributed by atoms with E-state index in [4.69, 9.17) is 9.84 Å². The number of benzene rings is 2. The van der Waals surface area contributed by atoms with Gasteiger partial charge in [0.2, 0.25) is 10.0 Å². The minimum absolute atomic E-state index is 0.0734. The average Bonchev–Trinajstić information content (AvgIpc) is 2.99. The van der Waals surface area contributed by atoms with Crippen molar-refractivity contribution in [2.75, 3.05) is 18.8 Å². The highest BCUT2D eigenvalue weighted by Gasteiger charge is 2.23. The highest BCUT2D eigenvalue weighted by molar-refractivity contribution is 7.90. The van der Waals surface area contributed by atoms with Crippen LogP contribution in [0.4, 0.5) is 0 Å². The Labute approximate surface area is 246 Å². The second kappa shape index (κ2) is 14.9. The molecule has 1 amide bonds. The summed E-state index contributed by atoms with van der Waals surface area (Å²) in [5.41, 5.74) is 3.69. The topological polar surface area (TPSA) is 155 Å². The number of hydrogen-bond acceptors (Lipinski definition) is 8. The molecule has 1 heterocycles. The minimum atomic E-state index is -4.13. The third kappa shape index (κ3) is 9.37. The first-order valence-electron chi connectivity index (χ1n) is 14.2. The molecule has 1 fully saturated rings. The first-order valence-corrected chi connectivity index (χ1v) is 15.8. The normalized spacial score (nSPS) is 14.7. The number of pyridine rings is 1. The van der Waals surface area contributed by atoms with Gasteiger partial charge in [-0.05, 0) is 73.5 Å². The number of carbonyl (C=O) groups is 2. The Kier molecular flexibility index (Phi) is 11.0. The predicted octanol–water partition coefficient (Wildman–Crippen LogP) is 3.86. The zero-order valence-electron chi connectivity index (χ0n) is 23.4. The van der Waals surface area contributed by atoms with Crippen LogP contribution in [0.2, 0.25) is 0 Å². The molecule has 1 aliphatic carbocycles. The number of aliphatic hydroxyl groups excluding tert-OH is 1. The van der Waals surface area contributed by atoms with Crippen LogP contribution in [0.1, 0.15) is 66.1 Å². The smallest absolute Gasteiger partial charge is 0.304 e. The Hall–Kier alpha value is -3.80. The van der Waals surface area contributed by atoms with Crippen molar-refractivity contribution in [1.82, 2.24) is 15.0 Å². The second-order valence-electron chi connectivity index (χ2n) is 10.4. The Morgan fingerprint density at radius 3 is 2.45 bits per heavy atom. The molecule has 0 unspecified atom stereocenters. The van der Waals surface area contributed by atoms with Crippen LogP contribution in [0.25, 0.3) is 11.1 Å². The van der Waals surface area contributed by atoms with E-state index < -0.39 is 40.2 Å². The molecule has 0 bridgehead atoms. The summed E-state index contributed by atoms with van der Waals surface area (Å²) in [4.78, 5) is 27.8. The number of hydrogen-bond donors (Lipinski definition) is 4. The molecule has 1 aromatic heterocycles. The number of aliphatic carboxylic acids is 1. The van der Waals surface area contributed by atoms with E-state index in [0.29, 0.717) is 18.8 Å². The number of nitrogens with zero attached hydrogens (tertiary/aromatic N) is 1. The summed E-state index contributed by atoms with van der Waals surface area (Å²) in [7, 11) is -4.13. The molecule has 11 heteroatoms. The Morgan fingerprint density at radius 1 is 1.02 bits per heavy atom. The number of ether oxygens (including phenoxy) is 1. The molecule has 224 valence electrons. The average molecular weight is 596 g/mol. The summed E-state index contributed by atoms with van der Waals surface area (Å²) in [6.45, 7) is 1.11. The van der Waals surface area contributed by atoms with E-state index in [1.807, 2.05) is 35.1 Å². The van der Waals surface area contributed by atoms with Crippen LogP contribution >= 0.6 is 0 Å². The van der Waals surface area contributed by atoms with Gasteiger partial charge < -0.3 is 20.3 Å². The van der Waals surface area contributed by atoms with Crippen molar-refractivity contribution in [2.24, 2.45) is 0 Å². The van der Waals surface area contributed by atoms with Crippen molar-refractivity contribution in [2.45, 2.75) is 57.2 Å². The van der Waals surface area contributed by atoms with Crippen LogP contribution in [-0.2, 0) is 21.2 Å². The summed E-state index contributed by atoms with van der Waals surface area (Å²) >= 11 is 0. The van der Waals surface area contributed by atoms with E-state index in [0.717, 1.165) is 60.8 Å². The molecule has 2 aromatic carbocycles. The molecule has 42 heavy (non-hydrogen) atoms. The number of carboxylic acid groups (broad SMARTS) is 1. The predicted molar refractivity (Wildman–Crippen MR) is 159 cm³/mol. The van der Waals surface area contributed by atoms with Gasteiger partial charge in [0.25, 0.3) is 5.91 Å². The maximum atomic E-state index is 13.0. The maximum absolute atomic E-state index is 13.0. The highest BCUT2D eigenvalue weighted by Crippen LogP contribution is 2.31. The molecule has 0 saturated heterocycles. The fourth-order valence-electron chi connectivity index (χ4n) is 4.84. The van der Waals surface area contributed by atoms with Crippen molar-refractivity contribution < 1.29 is 33.0 Å². The van der Waals surface area contributed by atoms with Crippen molar-refractivity contribution in [1.29, 1.82) is 0 Å². The first kappa shape index (κ1) is 31.1. The molecular formula is C31H37N3O7S. The lowest BCUT2D eigenvalue weighted by Gasteiger charge is -2.24. The molecular weight excluding hydrogens is 558 g/mol. The molecule has 4 rings (SSSR count). The van der Waals surface area contributed by atoms with E-state index in [-0.39, 0.29) is 11.7 Å². The van der Waals surface area contributed by atoms with E-state index in [2.05, 4.69) is 10.3 Å². The van der Waals surface area contributed by atoms with Crippen LogP contribution in [0, 0.1) is 0 Å². The lowest BCUT2D eigenvalue weighted by atomic mass is 9.97.